The van der Waals surface area contributed by atoms with Gasteiger partial charge < -0.3 is 10.6 Å². The molecule has 0 unspecified atom stereocenters. The van der Waals surface area contributed by atoms with Gasteiger partial charge in [-0.15, -0.1) is 0 Å². The topological polar surface area (TPSA) is 89.9 Å². The van der Waals surface area contributed by atoms with Crippen molar-refractivity contribution in [2.75, 3.05) is 26.4 Å². The molecule has 23 heavy (non-hydrogen) atoms. The van der Waals surface area contributed by atoms with E-state index < -0.39 is 5.91 Å². The molecular formula is C15H20N6OS. The Balaban J connectivity index is 2.02. The maximum Gasteiger partial charge on any atom is 0.269 e. The molecule has 0 atom stereocenters. The minimum Gasteiger partial charge on any atom is -0.364 e. The molecule has 1 aliphatic heterocycles. The molecule has 1 aliphatic rings. The maximum absolute atomic E-state index is 11.6. The number of piperidine rings is 1. The Labute approximate surface area is 139 Å². The SMILES string of the molecule is CSc1nccc(-c2cc(C(N)=O)nn2C2CCN(C)CC2)n1. The van der Waals surface area contributed by atoms with Gasteiger partial charge in [-0.25, -0.2) is 9.97 Å². The lowest BCUT2D eigenvalue weighted by molar-refractivity contribution is 0.0994. The first-order valence-corrected chi connectivity index (χ1v) is 8.76. The number of carbonyl (C=O) groups is 1. The second-order valence-corrected chi connectivity index (χ2v) is 6.46. The van der Waals surface area contributed by atoms with E-state index in [0.717, 1.165) is 37.3 Å². The molecule has 0 spiro atoms. The van der Waals surface area contributed by atoms with Crippen molar-refractivity contribution in [3.05, 3.63) is 24.0 Å². The molecule has 122 valence electrons. The van der Waals surface area contributed by atoms with Crippen LogP contribution in [0.5, 0.6) is 0 Å². The van der Waals surface area contributed by atoms with Gasteiger partial charge in [-0.3, -0.25) is 9.48 Å². The summed E-state index contributed by atoms with van der Waals surface area (Å²) in [7, 11) is 2.12. The van der Waals surface area contributed by atoms with E-state index in [4.69, 9.17) is 5.73 Å². The number of hydrogen-bond donors (Lipinski definition) is 1. The smallest absolute Gasteiger partial charge is 0.269 e. The molecule has 7 nitrogen and oxygen atoms in total. The number of primary amides is 1. The normalized spacial score (nSPS) is 16.6. The number of hydrogen-bond acceptors (Lipinski definition) is 6. The molecule has 2 aromatic heterocycles. The van der Waals surface area contributed by atoms with Crippen molar-refractivity contribution in [1.29, 1.82) is 0 Å². The van der Waals surface area contributed by atoms with E-state index in [2.05, 4.69) is 27.0 Å². The highest BCUT2D eigenvalue weighted by atomic mass is 32.2. The van der Waals surface area contributed by atoms with E-state index in [1.807, 2.05) is 17.0 Å². The molecule has 0 bridgehead atoms. The number of amides is 1. The van der Waals surface area contributed by atoms with Crippen LogP contribution in [0, 0.1) is 0 Å². The summed E-state index contributed by atoms with van der Waals surface area (Å²) in [6, 6.07) is 3.82. The fraction of sp³-hybridized carbons (Fsp3) is 0.467. The number of nitrogens with zero attached hydrogens (tertiary/aromatic N) is 5. The lowest BCUT2D eigenvalue weighted by Gasteiger charge is -2.30. The van der Waals surface area contributed by atoms with Crippen LogP contribution < -0.4 is 5.73 Å². The highest BCUT2D eigenvalue weighted by Crippen LogP contribution is 2.28. The zero-order chi connectivity index (χ0) is 16.4. The molecule has 1 amide bonds. The van der Waals surface area contributed by atoms with Crippen LogP contribution in [0.4, 0.5) is 0 Å². The second kappa shape index (κ2) is 6.67. The fourth-order valence-electron chi connectivity index (χ4n) is 2.81. The minimum absolute atomic E-state index is 0.252. The molecule has 0 aliphatic carbocycles. The van der Waals surface area contributed by atoms with Crippen molar-refractivity contribution in [1.82, 2.24) is 24.6 Å². The Bertz CT molecular complexity index is 708. The molecule has 3 heterocycles. The van der Waals surface area contributed by atoms with Gasteiger partial charge in [-0.1, -0.05) is 11.8 Å². The lowest BCUT2D eigenvalue weighted by atomic mass is 10.1. The Morgan fingerprint density at radius 3 is 2.78 bits per heavy atom. The largest absolute Gasteiger partial charge is 0.364 e. The number of thioether (sulfide) groups is 1. The van der Waals surface area contributed by atoms with Crippen LogP contribution in [0.2, 0.25) is 0 Å². The monoisotopic (exact) mass is 332 g/mol. The summed E-state index contributed by atoms with van der Waals surface area (Å²) in [6.45, 7) is 2.02. The first kappa shape index (κ1) is 15.9. The Kier molecular flexibility index (Phi) is 4.63. The van der Waals surface area contributed by atoms with Gasteiger partial charge in [0.1, 0.15) is 0 Å². The summed E-state index contributed by atoms with van der Waals surface area (Å²) in [4.78, 5) is 22.6. The van der Waals surface area contributed by atoms with Crippen LogP contribution >= 0.6 is 11.8 Å². The molecule has 0 saturated carbocycles. The quantitative estimate of drug-likeness (QED) is 0.673. The Hall–Kier alpha value is -1.93. The van der Waals surface area contributed by atoms with E-state index in [1.165, 1.54) is 11.8 Å². The summed E-state index contributed by atoms with van der Waals surface area (Å²) in [5.41, 5.74) is 7.29. The molecule has 1 fully saturated rings. The average Bonchev–Trinajstić information content (AvgIpc) is 3.01. The summed E-state index contributed by atoms with van der Waals surface area (Å²) >= 11 is 1.48. The fourth-order valence-corrected chi connectivity index (χ4v) is 3.16. The van der Waals surface area contributed by atoms with Gasteiger partial charge in [-0.2, -0.15) is 5.10 Å². The first-order chi connectivity index (χ1) is 11.1. The van der Waals surface area contributed by atoms with Gasteiger partial charge >= 0.3 is 0 Å². The molecule has 8 heteroatoms. The van der Waals surface area contributed by atoms with E-state index in [1.54, 1.807) is 12.3 Å². The molecular weight excluding hydrogens is 312 g/mol. The van der Waals surface area contributed by atoms with Crippen LogP contribution in [0.25, 0.3) is 11.4 Å². The van der Waals surface area contributed by atoms with E-state index in [9.17, 15) is 4.79 Å². The van der Waals surface area contributed by atoms with E-state index >= 15 is 0 Å². The van der Waals surface area contributed by atoms with Gasteiger partial charge in [0.05, 0.1) is 17.4 Å². The van der Waals surface area contributed by atoms with Crippen molar-refractivity contribution in [2.45, 2.75) is 24.0 Å². The highest BCUT2D eigenvalue weighted by molar-refractivity contribution is 7.98. The zero-order valence-electron chi connectivity index (χ0n) is 13.3. The summed E-state index contributed by atoms with van der Waals surface area (Å²) in [5.74, 6) is -0.517. The van der Waals surface area contributed by atoms with Gasteiger partial charge in [0.2, 0.25) is 0 Å². The summed E-state index contributed by atoms with van der Waals surface area (Å²) in [5, 5.41) is 5.14. The molecule has 0 radical (unpaired) electrons. The summed E-state index contributed by atoms with van der Waals surface area (Å²) < 4.78 is 1.92. The maximum atomic E-state index is 11.6. The van der Waals surface area contributed by atoms with Crippen LogP contribution in [-0.4, -0.2) is 56.9 Å². The number of carbonyl (C=O) groups excluding carboxylic acids is 1. The lowest BCUT2D eigenvalue weighted by Crippen LogP contribution is -2.32. The highest BCUT2D eigenvalue weighted by Gasteiger charge is 2.24. The van der Waals surface area contributed by atoms with Gasteiger partial charge in [0.15, 0.2) is 10.9 Å². The third-order valence-electron chi connectivity index (χ3n) is 4.10. The molecule has 3 rings (SSSR count). The predicted molar refractivity (Wildman–Crippen MR) is 89.3 cm³/mol. The number of nitrogens with two attached hydrogens (primary N) is 1. The Morgan fingerprint density at radius 1 is 1.39 bits per heavy atom. The van der Waals surface area contributed by atoms with Gasteiger partial charge in [-0.05, 0) is 51.4 Å². The standard InChI is InChI=1S/C15H20N6OS/c1-20-7-4-10(5-8-20)21-13(9-12(19-21)14(16)22)11-3-6-17-15(18-11)23-2/h3,6,9-10H,4-5,7-8H2,1-2H3,(H2,16,22). The molecule has 0 aromatic carbocycles. The third kappa shape index (κ3) is 3.37. The predicted octanol–water partition coefficient (Wildman–Crippen LogP) is 1.43. The Morgan fingerprint density at radius 2 is 2.13 bits per heavy atom. The van der Waals surface area contributed by atoms with Crippen LogP contribution in [-0.2, 0) is 0 Å². The van der Waals surface area contributed by atoms with E-state index in [-0.39, 0.29) is 11.7 Å². The summed E-state index contributed by atoms with van der Waals surface area (Å²) in [6.07, 6.45) is 5.64. The second-order valence-electron chi connectivity index (χ2n) is 5.69. The average molecular weight is 332 g/mol. The number of aromatic nitrogens is 4. The van der Waals surface area contributed by atoms with Crippen molar-refractivity contribution in [3.8, 4) is 11.4 Å². The van der Waals surface area contributed by atoms with Crippen molar-refractivity contribution >= 4 is 17.7 Å². The van der Waals surface area contributed by atoms with Crippen LogP contribution in [0.1, 0.15) is 29.4 Å². The molecule has 2 N–H and O–H groups in total. The number of rotatable bonds is 4. The van der Waals surface area contributed by atoms with Crippen LogP contribution in [0.15, 0.2) is 23.5 Å². The third-order valence-corrected chi connectivity index (χ3v) is 4.66. The van der Waals surface area contributed by atoms with Gasteiger partial charge in [0.25, 0.3) is 5.91 Å². The number of likely N-dealkylation sites (tertiary alicyclic amines) is 1. The zero-order valence-corrected chi connectivity index (χ0v) is 14.1. The van der Waals surface area contributed by atoms with Crippen molar-refractivity contribution < 1.29 is 4.79 Å². The first-order valence-electron chi connectivity index (χ1n) is 7.54. The van der Waals surface area contributed by atoms with Crippen LogP contribution in [0.3, 0.4) is 0 Å². The minimum atomic E-state index is -0.517. The molecule has 1 saturated heterocycles. The van der Waals surface area contributed by atoms with E-state index in [0.29, 0.717) is 5.16 Å². The molecule has 2 aromatic rings. The van der Waals surface area contributed by atoms with Crippen molar-refractivity contribution in [3.63, 3.8) is 0 Å². The van der Waals surface area contributed by atoms with Crippen molar-refractivity contribution in [2.24, 2.45) is 5.73 Å². The van der Waals surface area contributed by atoms with Gasteiger partial charge in [0, 0.05) is 6.20 Å².